The number of carbonyl (C=O) groups excluding carboxylic acids is 4. The second-order valence-corrected chi connectivity index (χ2v) is 15.1. The van der Waals surface area contributed by atoms with Crippen LogP contribution in [-0.2, 0) is 19.2 Å². The van der Waals surface area contributed by atoms with Crippen LogP contribution in [0.4, 0.5) is 22.7 Å². The summed E-state index contributed by atoms with van der Waals surface area (Å²) in [5.74, 6) is -5.57. The van der Waals surface area contributed by atoms with Crippen LogP contribution in [0, 0.1) is 17.8 Å². The van der Waals surface area contributed by atoms with Gasteiger partial charge in [-0.3, -0.25) is 29.0 Å². The van der Waals surface area contributed by atoms with Gasteiger partial charge in [0.25, 0.3) is 11.8 Å². The average Bonchev–Trinajstić information content (AvgIpc) is 3.46. The number of rotatable bonds is 5. The van der Waals surface area contributed by atoms with E-state index in [9.17, 15) is 24.3 Å². The number of phenolic OH excluding ortho intramolecular Hbond substituents is 1. The van der Waals surface area contributed by atoms with Crippen molar-refractivity contribution < 1.29 is 24.3 Å². The van der Waals surface area contributed by atoms with Crippen molar-refractivity contribution in [1.29, 1.82) is 0 Å². The molecule has 258 valence electrons. The molecule has 3 fully saturated rings. The molecule has 0 bridgehead atoms. The zero-order chi connectivity index (χ0) is 36.0. The van der Waals surface area contributed by atoms with E-state index in [0.29, 0.717) is 33.6 Å². The smallest absolute Gasteiger partial charge is 0.253 e. The third-order valence-electron chi connectivity index (χ3n) is 11.0. The van der Waals surface area contributed by atoms with Crippen LogP contribution in [0.15, 0.2) is 107 Å². The van der Waals surface area contributed by atoms with Crippen molar-refractivity contribution >= 4 is 80.4 Å². The molecule has 4 aromatic rings. The van der Waals surface area contributed by atoms with Gasteiger partial charge >= 0.3 is 0 Å². The zero-order valence-electron chi connectivity index (χ0n) is 28.0. The van der Waals surface area contributed by atoms with Gasteiger partial charge in [0, 0.05) is 43.7 Å². The molecule has 1 saturated carbocycles. The number of anilines is 2. The molecule has 2 aliphatic heterocycles. The van der Waals surface area contributed by atoms with Crippen LogP contribution in [0.1, 0.15) is 24.3 Å². The Kier molecular flexibility index (Phi) is 7.63. The summed E-state index contributed by atoms with van der Waals surface area (Å²) in [6, 6.07) is 25.1. The third-order valence-corrected chi connectivity index (χ3v) is 12.4. The van der Waals surface area contributed by atoms with Crippen LogP contribution < -0.4 is 9.80 Å². The predicted molar refractivity (Wildman–Crippen MR) is 195 cm³/mol. The first-order valence-corrected chi connectivity index (χ1v) is 17.4. The van der Waals surface area contributed by atoms with Crippen molar-refractivity contribution in [2.24, 2.45) is 28.0 Å². The molecule has 0 radical (unpaired) electrons. The molecule has 4 amide bonds. The van der Waals surface area contributed by atoms with Crippen molar-refractivity contribution in [2.75, 3.05) is 30.9 Å². The van der Waals surface area contributed by atoms with E-state index >= 15 is 0 Å². The van der Waals surface area contributed by atoms with Crippen LogP contribution in [0.3, 0.4) is 0 Å². The maximum Gasteiger partial charge on any atom is 0.253 e. The number of hydrogen-bond acceptors (Lipinski definition) is 8. The number of carbonyl (C=O) groups is 4. The number of likely N-dealkylation sites (tertiary alicyclic amines) is 1. The van der Waals surface area contributed by atoms with Crippen LogP contribution in [0.5, 0.6) is 5.75 Å². The van der Waals surface area contributed by atoms with Crippen LogP contribution in [0.2, 0.25) is 0 Å². The Hall–Kier alpha value is -5.06. The molecule has 2 heterocycles. The summed E-state index contributed by atoms with van der Waals surface area (Å²) >= 11 is 14.6. The summed E-state index contributed by atoms with van der Waals surface area (Å²) < 4.78 is 0. The molecule has 6 atom stereocenters. The fourth-order valence-electron chi connectivity index (χ4n) is 8.45. The monoisotopic (exact) mass is 721 g/mol. The summed E-state index contributed by atoms with van der Waals surface area (Å²) in [7, 11) is 5.25. The number of halogens is 2. The lowest BCUT2D eigenvalue weighted by Gasteiger charge is -2.50. The predicted octanol–water partition coefficient (Wildman–Crippen LogP) is 7.22. The Balaban J connectivity index is 1.15. The quantitative estimate of drug-likeness (QED) is 0.101. The molecular weight excluding hydrogens is 689 g/mol. The summed E-state index contributed by atoms with van der Waals surface area (Å²) in [4.78, 5) is 56.3. The number of imide groups is 2. The van der Waals surface area contributed by atoms with Gasteiger partial charge in [-0.1, -0.05) is 48.0 Å². The number of amides is 4. The molecule has 4 aromatic carbocycles. The fourth-order valence-corrected chi connectivity index (χ4v) is 9.46. The lowest BCUT2D eigenvalue weighted by atomic mass is 9.56. The highest BCUT2D eigenvalue weighted by atomic mass is 35.5. The number of benzene rings is 4. The lowest BCUT2D eigenvalue weighted by Crippen LogP contribution is -2.60. The van der Waals surface area contributed by atoms with Gasteiger partial charge in [-0.15, -0.1) is 23.2 Å². The molecule has 8 rings (SSSR count). The van der Waals surface area contributed by atoms with Crippen molar-refractivity contribution in [3.63, 3.8) is 0 Å². The van der Waals surface area contributed by atoms with Crippen molar-refractivity contribution in [3.05, 3.63) is 102 Å². The average molecular weight is 723 g/mol. The maximum atomic E-state index is 14.4. The summed E-state index contributed by atoms with van der Waals surface area (Å²) in [6.45, 7) is 0. The van der Waals surface area contributed by atoms with E-state index in [-0.39, 0.29) is 24.5 Å². The standard InChI is InChI=1S/C39H33Cl2N5O5/c1-44(2)24-13-9-22(10-14-24)42-43-23-11-15-25(16-12-23)46-34(48)28-19-18-27-30(31(28)35(46)49)20-38(40)36(50)45(3)37(51)39(38,41)32(27)29-17-8-21-6-4-5-7-26(21)33(29)47/h4-18,28,30-32,47H,19-20H2,1-3H3. The molecule has 2 aliphatic carbocycles. The fraction of sp³-hybridized carbons (Fsp3) is 0.282. The Bertz CT molecular complexity index is 2220. The molecule has 4 aliphatic rings. The normalized spacial score (nSPS) is 28.7. The first-order valence-electron chi connectivity index (χ1n) is 16.6. The van der Waals surface area contributed by atoms with Gasteiger partial charge in [-0.25, -0.2) is 0 Å². The Morgan fingerprint density at radius 1 is 0.804 bits per heavy atom. The number of fused-ring (bicyclic) bond motifs is 5. The summed E-state index contributed by atoms with van der Waals surface area (Å²) in [5.41, 5.74) is 3.58. The lowest BCUT2D eigenvalue weighted by molar-refractivity contribution is -0.138. The second kappa shape index (κ2) is 11.7. The van der Waals surface area contributed by atoms with Gasteiger partial charge < -0.3 is 10.0 Å². The number of azo groups is 1. The van der Waals surface area contributed by atoms with Crippen molar-refractivity contribution in [3.8, 4) is 5.75 Å². The van der Waals surface area contributed by atoms with Gasteiger partial charge in [0.05, 0.1) is 28.9 Å². The molecule has 1 N–H and O–H groups in total. The first kappa shape index (κ1) is 33.1. The van der Waals surface area contributed by atoms with E-state index in [2.05, 4.69) is 10.2 Å². The molecule has 12 heteroatoms. The van der Waals surface area contributed by atoms with Crippen LogP contribution >= 0.6 is 23.2 Å². The van der Waals surface area contributed by atoms with Gasteiger partial charge in [0.2, 0.25) is 11.8 Å². The van der Waals surface area contributed by atoms with Gasteiger partial charge in [0.15, 0.2) is 9.75 Å². The number of aromatic hydroxyl groups is 1. The number of alkyl halides is 2. The number of allylic oxidation sites excluding steroid dienone is 2. The Morgan fingerprint density at radius 3 is 2.12 bits per heavy atom. The van der Waals surface area contributed by atoms with Gasteiger partial charge in [0.1, 0.15) is 5.75 Å². The Morgan fingerprint density at radius 2 is 1.45 bits per heavy atom. The van der Waals surface area contributed by atoms with E-state index < -0.39 is 51.1 Å². The highest BCUT2D eigenvalue weighted by Crippen LogP contribution is 2.66. The maximum absolute atomic E-state index is 14.4. The number of hydrogen-bond donors (Lipinski definition) is 1. The van der Waals surface area contributed by atoms with E-state index in [1.165, 1.54) is 11.9 Å². The minimum Gasteiger partial charge on any atom is -0.507 e. The molecule has 0 spiro atoms. The molecule has 10 nitrogen and oxygen atoms in total. The minimum atomic E-state index is -1.99. The van der Waals surface area contributed by atoms with E-state index in [1.807, 2.05) is 67.5 Å². The number of nitrogens with zero attached hydrogens (tertiary/aromatic N) is 5. The molecular formula is C39H33Cl2N5O5. The summed E-state index contributed by atoms with van der Waals surface area (Å²) in [5, 5.41) is 21.6. The number of phenols is 1. The molecule has 51 heavy (non-hydrogen) atoms. The van der Waals surface area contributed by atoms with E-state index in [0.717, 1.165) is 16.0 Å². The topological polar surface area (TPSA) is 123 Å². The van der Waals surface area contributed by atoms with Gasteiger partial charge in [-0.05, 0) is 72.7 Å². The molecule has 2 saturated heterocycles. The van der Waals surface area contributed by atoms with Crippen LogP contribution in [-0.4, -0.2) is 64.5 Å². The van der Waals surface area contributed by atoms with Crippen molar-refractivity contribution in [2.45, 2.75) is 28.5 Å². The highest BCUT2D eigenvalue weighted by molar-refractivity contribution is 6.53. The zero-order valence-corrected chi connectivity index (χ0v) is 29.5. The van der Waals surface area contributed by atoms with E-state index in [1.54, 1.807) is 42.5 Å². The largest absolute Gasteiger partial charge is 0.507 e. The second-order valence-electron chi connectivity index (χ2n) is 13.9. The van der Waals surface area contributed by atoms with E-state index in [4.69, 9.17) is 23.2 Å². The SMILES string of the molecule is CN1C(=O)C2(Cl)CC3C(=CCC4C(=O)N(c5ccc(N=Nc6ccc(N(C)C)cc6)cc5)C(=O)C43)C(c3ccc4ccccc4c3O)C2(Cl)C1=O. The highest BCUT2D eigenvalue weighted by Gasteiger charge is 2.76. The summed E-state index contributed by atoms with van der Waals surface area (Å²) in [6.07, 6.45) is 1.93. The van der Waals surface area contributed by atoms with Crippen LogP contribution in [0.25, 0.3) is 10.8 Å². The van der Waals surface area contributed by atoms with Gasteiger partial charge in [-0.2, -0.15) is 10.2 Å². The first-order chi connectivity index (χ1) is 24.4. The molecule has 0 aromatic heterocycles. The molecule has 6 unspecified atom stereocenters. The third kappa shape index (κ3) is 4.69. The minimum absolute atomic E-state index is 0.0890. The Labute approximate surface area is 303 Å². The van der Waals surface area contributed by atoms with Crippen molar-refractivity contribution in [1.82, 2.24) is 4.90 Å².